The highest BCUT2D eigenvalue weighted by Gasteiger charge is 2.16. The number of anilines is 1. The SMILES string of the molecule is O=C(Nc1nnc(SCCN2CCOCC2)s1)c1cc(-c2ccccc2)on1. The van der Waals surface area contributed by atoms with Crippen molar-refractivity contribution in [2.24, 2.45) is 0 Å². The molecule has 1 N–H and O–H groups in total. The zero-order valence-corrected chi connectivity index (χ0v) is 16.7. The Labute approximate surface area is 170 Å². The van der Waals surface area contributed by atoms with Crippen molar-refractivity contribution in [2.45, 2.75) is 4.34 Å². The lowest BCUT2D eigenvalue weighted by Crippen LogP contribution is -2.37. The Morgan fingerprint density at radius 2 is 2.04 bits per heavy atom. The van der Waals surface area contributed by atoms with Gasteiger partial charge < -0.3 is 9.26 Å². The van der Waals surface area contributed by atoms with E-state index >= 15 is 0 Å². The molecule has 146 valence electrons. The fourth-order valence-corrected chi connectivity index (χ4v) is 4.50. The first-order valence-electron chi connectivity index (χ1n) is 8.88. The topological polar surface area (TPSA) is 93.4 Å². The van der Waals surface area contributed by atoms with Crippen LogP contribution in [0.5, 0.6) is 0 Å². The van der Waals surface area contributed by atoms with E-state index in [1.165, 1.54) is 11.3 Å². The van der Waals surface area contributed by atoms with Crippen molar-refractivity contribution in [3.63, 3.8) is 0 Å². The molecule has 0 radical (unpaired) electrons. The molecular formula is C18H19N5O3S2. The molecule has 0 aliphatic carbocycles. The van der Waals surface area contributed by atoms with Crippen LogP contribution in [0.1, 0.15) is 10.5 Å². The number of benzene rings is 1. The third kappa shape index (κ3) is 4.96. The first kappa shape index (κ1) is 19.1. The molecule has 0 bridgehead atoms. The molecule has 0 spiro atoms. The second kappa shape index (κ2) is 9.28. The summed E-state index contributed by atoms with van der Waals surface area (Å²) in [5.41, 5.74) is 1.07. The average molecular weight is 418 g/mol. The summed E-state index contributed by atoms with van der Waals surface area (Å²) in [7, 11) is 0. The number of nitrogens with one attached hydrogen (secondary N) is 1. The van der Waals surface area contributed by atoms with Crippen molar-refractivity contribution >= 4 is 34.1 Å². The second-order valence-electron chi connectivity index (χ2n) is 6.07. The molecule has 8 nitrogen and oxygen atoms in total. The zero-order valence-electron chi connectivity index (χ0n) is 15.0. The minimum atomic E-state index is -0.369. The zero-order chi connectivity index (χ0) is 19.2. The average Bonchev–Trinajstić information content (AvgIpc) is 3.39. The lowest BCUT2D eigenvalue weighted by Gasteiger charge is -2.25. The Morgan fingerprint density at radius 1 is 1.21 bits per heavy atom. The van der Waals surface area contributed by atoms with E-state index in [9.17, 15) is 4.79 Å². The summed E-state index contributed by atoms with van der Waals surface area (Å²) in [5, 5.41) is 15.2. The number of amides is 1. The van der Waals surface area contributed by atoms with Gasteiger partial charge in [0.25, 0.3) is 5.91 Å². The van der Waals surface area contributed by atoms with Crippen LogP contribution in [0.4, 0.5) is 5.13 Å². The molecule has 1 aliphatic heterocycles. The fraction of sp³-hybridized carbons (Fsp3) is 0.333. The van der Waals surface area contributed by atoms with Gasteiger partial charge in [0.1, 0.15) is 0 Å². The Morgan fingerprint density at radius 3 is 2.86 bits per heavy atom. The van der Waals surface area contributed by atoms with Crippen molar-refractivity contribution in [3.8, 4) is 11.3 Å². The minimum absolute atomic E-state index is 0.204. The van der Waals surface area contributed by atoms with E-state index in [-0.39, 0.29) is 11.6 Å². The van der Waals surface area contributed by atoms with Gasteiger partial charge in [0.05, 0.1) is 13.2 Å². The van der Waals surface area contributed by atoms with Crippen LogP contribution in [0.3, 0.4) is 0 Å². The summed E-state index contributed by atoms with van der Waals surface area (Å²) in [6.07, 6.45) is 0. The summed E-state index contributed by atoms with van der Waals surface area (Å²) in [5.74, 6) is 1.10. The van der Waals surface area contributed by atoms with Gasteiger partial charge in [0.15, 0.2) is 15.8 Å². The molecule has 1 aromatic carbocycles. The van der Waals surface area contributed by atoms with E-state index in [2.05, 4.69) is 25.6 Å². The molecule has 0 atom stereocenters. The molecule has 1 aliphatic rings. The quantitative estimate of drug-likeness (QED) is 0.463. The van der Waals surface area contributed by atoms with Crippen LogP contribution in [-0.4, -0.2) is 64.8 Å². The molecule has 28 heavy (non-hydrogen) atoms. The first-order valence-corrected chi connectivity index (χ1v) is 10.7. The van der Waals surface area contributed by atoms with Gasteiger partial charge in [-0.3, -0.25) is 15.0 Å². The van der Waals surface area contributed by atoms with Crippen molar-refractivity contribution in [3.05, 3.63) is 42.1 Å². The van der Waals surface area contributed by atoms with E-state index in [1.54, 1.807) is 17.8 Å². The highest BCUT2D eigenvalue weighted by Crippen LogP contribution is 2.26. The number of carbonyl (C=O) groups is 1. The van der Waals surface area contributed by atoms with Crippen LogP contribution in [0.2, 0.25) is 0 Å². The standard InChI is InChI=1S/C18H19N5O3S2/c24-16(14-12-15(26-22-14)13-4-2-1-3-5-13)19-17-20-21-18(28-17)27-11-8-23-6-9-25-10-7-23/h1-5,12H,6-11H2,(H,19,20,24). The van der Waals surface area contributed by atoms with Gasteiger partial charge in [-0.05, 0) is 0 Å². The smallest absolute Gasteiger partial charge is 0.279 e. The summed E-state index contributed by atoms with van der Waals surface area (Å²) >= 11 is 2.99. The number of ether oxygens (including phenoxy) is 1. The van der Waals surface area contributed by atoms with Crippen molar-refractivity contribution < 1.29 is 14.1 Å². The highest BCUT2D eigenvalue weighted by molar-refractivity contribution is 8.01. The van der Waals surface area contributed by atoms with Gasteiger partial charge in [-0.1, -0.05) is 58.6 Å². The van der Waals surface area contributed by atoms with E-state index in [0.717, 1.165) is 48.5 Å². The predicted octanol–water partition coefficient (Wildman–Crippen LogP) is 2.87. The number of hydrogen-bond donors (Lipinski definition) is 1. The van der Waals surface area contributed by atoms with Crippen LogP contribution in [-0.2, 0) is 4.74 Å². The maximum atomic E-state index is 12.4. The Kier molecular flexibility index (Phi) is 6.32. The molecule has 1 amide bonds. The molecule has 1 fully saturated rings. The molecular weight excluding hydrogens is 398 g/mol. The van der Waals surface area contributed by atoms with Gasteiger partial charge in [0, 0.05) is 37.0 Å². The Bertz CT molecular complexity index is 909. The van der Waals surface area contributed by atoms with Crippen LogP contribution < -0.4 is 5.32 Å². The minimum Gasteiger partial charge on any atom is -0.379 e. The third-order valence-electron chi connectivity index (χ3n) is 4.16. The third-order valence-corrected chi connectivity index (χ3v) is 6.12. The van der Waals surface area contributed by atoms with Crippen LogP contribution in [0, 0.1) is 0 Å². The second-order valence-corrected chi connectivity index (χ2v) is 8.39. The molecule has 4 rings (SSSR count). The number of rotatable bonds is 7. The molecule has 10 heteroatoms. The van der Waals surface area contributed by atoms with Gasteiger partial charge >= 0.3 is 0 Å². The van der Waals surface area contributed by atoms with E-state index in [1.807, 2.05) is 30.3 Å². The number of morpholine rings is 1. The number of thioether (sulfide) groups is 1. The number of aromatic nitrogens is 3. The van der Waals surface area contributed by atoms with Crippen molar-refractivity contribution in [2.75, 3.05) is 43.9 Å². The summed E-state index contributed by atoms with van der Waals surface area (Å²) in [6.45, 7) is 4.53. The van der Waals surface area contributed by atoms with Crippen LogP contribution in [0.15, 0.2) is 45.3 Å². The van der Waals surface area contributed by atoms with Crippen LogP contribution in [0.25, 0.3) is 11.3 Å². The van der Waals surface area contributed by atoms with Crippen molar-refractivity contribution in [1.82, 2.24) is 20.3 Å². The Hall–Kier alpha value is -2.27. The Balaban J connectivity index is 1.28. The van der Waals surface area contributed by atoms with Crippen molar-refractivity contribution in [1.29, 1.82) is 0 Å². The lowest BCUT2D eigenvalue weighted by atomic mass is 10.1. The summed E-state index contributed by atoms with van der Waals surface area (Å²) in [4.78, 5) is 14.7. The largest absolute Gasteiger partial charge is 0.379 e. The first-order chi connectivity index (χ1) is 13.8. The highest BCUT2D eigenvalue weighted by atomic mass is 32.2. The van der Waals surface area contributed by atoms with Gasteiger partial charge in [0.2, 0.25) is 5.13 Å². The monoisotopic (exact) mass is 417 g/mol. The van der Waals surface area contributed by atoms with E-state index < -0.39 is 0 Å². The molecule has 0 unspecified atom stereocenters. The summed E-state index contributed by atoms with van der Waals surface area (Å²) in [6, 6.07) is 11.1. The lowest BCUT2D eigenvalue weighted by molar-refractivity contribution is 0.0410. The molecule has 0 saturated carbocycles. The number of nitrogens with zero attached hydrogens (tertiary/aromatic N) is 4. The molecule has 2 aromatic heterocycles. The van der Waals surface area contributed by atoms with Gasteiger partial charge in [-0.25, -0.2) is 0 Å². The molecule has 3 heterocycles. The van der Waals surface area contributed by atoms with Crippen LogP contribution >= 0.6 is 23.1 Å². The predicted molar refractivity (Wildman–Crippen MR) is 108 cm³/mol. The normalized spacial score (nSPS) is 14.9. The van der Waals surface area contributed by atoms with E-state index in [0.29, 0.717) is 10.9 Å². The van der Waals surface area contributed by atoms with E-state index in [4.69, 9.17) is 9.26 Å². The maximum Gasteiger partial charge on any atom is 0.279 e. The molecule has 3 aromatic rings. The number of carbonyl (C=O) groups excluding carboxylic acids is 1. The fourth-order valence-electron chi connectivity index (χ4n) is 2.69. The molecule has 1 saturated heterocycles. The summed E-state index contributed by atoms with van der Waals surface area (Å²) < 4.78 is 11.4. The number of hydrogen-bond acceptors (Lipinski definition) is 9. The van der Waals surface area contributed by atoms with Gasteiger partial charge in [-0.2, -0.15) is 0 Å². The maximum absolute atomic E-state index is 12.4. The van der Waals surface area contributed by atoms with Gasteiger partial charge in [-0.15, -0.1) is 10.2 Å².